The van der Waals surface area contributed by atoms with Crippen LogP contribution in [0.2, 0.25) is 0 Å². The normalized spacial score (nSPS) is 12.2. The van der Waals surface area contributed by atoms with E-state index in [0.717, 1.165) is 19.2 Å². The van der Waals surface area contributed by atoms with E-state index in [1.807, 2.05) is 0 Å². The van der Waals surface area contributed by atoms with Gasteiger partial charge < -0.3 is 19.4 Å². The van der Waals surface area contributed by atoms with E-state index in [-0.39, 0.29) is 0 Å². The topological polar surface area (TPSA) is 58.6 Å². The summed E-state index contributed by atoms with van der Waals surface area (Å²) in [6.45, 7) is -3.17. The van der Waals surface area contributed by atoms with Crippen molar-refractivity contribution in [1.29, 1.82) is 0 Å². The van der Waals surface area contributed by atoms with Crippen molar-refractivity contribution in [2.45, 2.75) is 11.8 Å². The van der Waals surface area contributed by atoms with Crippen molar-refractivity contribution < 1.29 is 36.9 Å². The molecule has 0 bridgehead atoms. The number of carboxylic acid groups (broad SMARTS) is 1. The van der Waals surface area contributed by atoms with Gasteiger partial charge in [-0.05, 0) is 12.1 Å². The summed E-state index contributed by atoms with van der Waals surface area (Å²) < 4.78 is 61.2. The van der Waals surface area contributed by atoms with Crippen LogP contribution >= 0.6 is 0 Å². The second-order valence-electron chi connectivity index (χ2n) is 3.91. The van der Waals surface area contributed by atoms with Gasteiger partial charge in [0.1, 0.15) is 12.4 Å². The quantitative estimate of drug-likeness (QED) is 0.712. The lowest BCUT2D eigenvalue weighted by atomic mass is 10.2. The summed E-state index contributed by atoms with van der Waals surface area (Å²) in [7, 11) is 0.857. The van der Waals surface area contributed by atoms with Gasteiger partial charge in [-0.2, -0.15) is 17.6 Å². The number of carbonyl (C=O) groups excluding carboxylic acids is 1. The van der Waals surface area contributed by atoms with Gasteiger partial charge in [0, 0.05) is 12.7 Å². The van der Waals surface area contributed by atoms with E-state index >= 15 is 0 Å². The Morgan fingerprint density at radius 1 is 1.15 bits per heavy atom. The molecule has 0 spiro atoms. The molecule has 112 valence electrons. The van der Waals surface area contributed by atoms with Crippen molar-refractivity contribution in [1.82, 2.24) is 0 Å². The monoisotopic (exact) mass is 295 g/mol. The molecule has 0 aromatic heterocycles. The lowest BCUT2D eigenvalue weighted by Crippen LogP contribution is -2.48. The number of hydrogen-bond acceptors (Lipinski definition) is 4. The molecule has 4 nitrogen and oxygen atoms in total. The maximum Gasteiger partial charge on any atom is 0.345 e. The third kappa shape index (κ3) is 3.60. The van der Waals surface area contributed by atoms with E-state index in [2.05, 4.69) is 9.47 Å². The SMILES string of the molecule is COCC(F)(F)C(F)(F)COc1ccccc1C(=O)[O-]. The largest absolute Gasteiger partial charge is 0.545 e. The molecule has 0 fully saturated rings. The van der Waals surface area contributed by atoms with E-state index in [9.17, 15) is 27.5 Å². The number of ether oxygens (including phenoxy) is 2. The lowest BCUT2D eigenvalue weighted by Gasteiger charge is -2.26. The van der Waals surface area contributed by atoms with Crippen LogP contribution in [-0.2, 0) is 4.74 Å². The second-order valence-corrected chi connectivity index (χ2v) is 3.91. The first-order valence-corrected chi connectivity index (χ1v) is 5.39. The molecule has 0 N–H and O–H groups in total. The predicted molar refractivity (Wildman–Crippen MR) is 58.0 cm³/mol. The number of halogens is 4. The molecular weight excluding hydrogens is 284 g/mol. The van der Waals surface area contributed by atoms with E-state index in [0.29, 0.717) is 0 Å². The van der Waals surface area contributed by atoms with Gasteiger partial charge in [0.2, 0.25) is 0 Å². The highest BCUT2D eigenvalue weighted by Crippen LogP contribution is 2.35. The summed E-state index contributed by atoms with van der Waals surface area (Å²) in [6.07, 6.45) is 0. The molecule has 1 rings (SSSR count). The number of methoxy groups -OCH3 is 1. The minimum Gasteiger partial charge on any atom is -0.545 e. The summed E-state index contributed by atoms with van der Waals surface area (Å²) in [6, 6.07) is 4.74. The molecule has 0 saturated carbocycles. The standard InChI is InChI=1S/C12H12F4O4/c1-19-6-11(13,14)12(15,16)7-20-9-5-3-2-4-8(9)10(17)18/h2-5H,6-7H2,1H3,(H,17,18)/p-1. The molecule has 0 aliphatic carbocycles. The summed E-state index contributed by atoms with van der Waals surface area (Å²) in [5.41, 5.74) is -0.502. The number of rotatable bonds is 7. The number of aromatic carboxylic acids is 1. The molecule has 0 atom stereocenters. The molecule has 20 heavy (non-hydrogen) atoms. The van der Waals surface area contributed by atoms with E-state index < -0.39 is 42.3 Å². The highest BCUT2D eigenvalue weighted by atomic mass is 19.3. The minimum absolute atomic E-state index is 0.472. The first-order chi connectivity index (χ1) is 9.21. The molecule has 8 heteroatoms. The van der Waals surface area contributed by atoms with Gasteiger partial charge >= 0.3 is 11.8 Å². The van der Waals surface area contributed by atoms with Crippen LogP contribution in [0.25, 0.3) is 0 Å². The molecule has 0 radical (unpaired) electrons. The Balaban J connectivity index is 2.84. The summed E-state index contributed by atoms with van der Waals surface area (Å²) >= 11 is 0. The first-order valence-electron chi connectivity index (χ1n) is 5.39. The van der Waals surface area contributed by atoms with Gasteiger partial charge in [0.05, 0.1) is 5.97 Å². The molecule has 0 heterocycles. The van der Waals surface area contributed by atoms with Gasteiger partial charge in [-0.15, -0.1) is 0 Å². The fourth-order valence-corrected chi connectivity index (χ4v) is 1.32. The zero-order chi connectivity index (χ0) is 15.4. The van der Waals surface area contributed by atoms with E-state index in [4.69, 9.17) is 0 Å². The van der Waals surface area contributed by atoms with Gasteiger partial charge in [-0.1, -0.05) is 12.1 Å². The average Bonchev–Trinajstić information content (AvgIpc) is 2.36. The third-order valence-corrected chi connectivity index (χ3v) is 2.38. The highest BCUT2D eigenvalue weighted by molar-refractivity contribution is 5.89. The van der Waals surface area contributed by atoms with Crippen LogP contribution in [-0.4, -0.2) is 38.1 Å². The fourth-order valence-electron chi connectivity index (χ4n) is 1.32. The van der Waals surface area contributed by atoms with E-state index in [1.165, 1.54) is 12.1 Å². The van der Waals surface area contributed by atoms with Gasteiger partial charge in [-0.3, -0.25) is 0 Å². The van der Waals surface area contributed by atoms with E-state index in [1.54, 1.807) is 0 Å². The van der Waals surface area contributed by atoms with Crippen molar-refractivity contribution in [2.24, 2.45) is 0 Å². The molecular formula is C12H11F4O4-. The number of para-hydroxylation sites is 1. The Morgan fingerprint density at radius 2 is 1.70 bits per heavy atom. The van der Waals surface area contributed by atoms with Crippen molar-refractivity contribution in [3.8, 4) is 5.75 Å². The van der Waals surface area contributed by atoms with Crippen LogP contribution in [0.5, 0.6) is 5.75 Å². The Bertz CT molecular complexity index is 476. The number of carbonyl (C=O) groups is 1. The zero-order valence-electron chi connectivity index (χ0n) is 10.4. The van der Waals surface area contributed by atoms with Crippen LogP contribution < -0.4 is 9.84 Å². The van der Waals surface area contributed by atoms with Crippen molar-refractivity contribution in [2.75, 3.05) is 20.3 Å². The van der Waals surface area contributed by atoms with Crippen LogP contribution in [0.1, 0.15) is 10.4 Å². The predicted octanol–water partition coefficient (Wildman–Crippen LogP) is 1.35. The van der Waals surface area contributed by atoms with Gasteiger partial charge in [0.15, 0.2) is 6.61 Å². The number of alkyl halides is 4. The number of benzene rings is 1. The molecule has 0 aliphatic rings. The third-order valence-electron chi connectivity index (χ3n) is 2.38. The Morgan fingerprint density at radius 3 is 2.25 bits per heavy atom. The number of carboxylic acids is 1. The zero-order valence-corrected chi connectivity index (χ0v) is 10.4. The summed E-state index contributed by atoms with van der Waals surface area (Å²) in [4.78, 5) is 10.7. The maximum atomic E-state index is 13.3. The molecule has 1 aromatic rings. The van der Waals surface area contributed by atoms with Crippen molar-refractivity contribution in [3.63, 3.8) is 0 Å². The molecule has 0 saturated heterocycles. The molecule has 0 aliphatic heterocycles. The van der Waals surface area contributed by atoms with Gasteiger partial charge in [0.25, 0.3) is 0 Å². The lowest BCUT2D eigenvalue weighted by molar-refractivity contribution is -0.255. The smallest absolute Gasteiger partial charge is 0.345 e. The minimum atomic E-state index is -4.51. The van der Waals surface area contributed by atoms with Crippen LogP contribution in [0, 0.1) is 0 Å². The summed E-state index contributed by atoms with van der Waals surface area (Å²) in [5, 5.41) is 10.7. The molecule has 0 unspecified atom stereocenters. The molecule has 0 amide bonds. The maximum absolute atomic E-state index is 13.3. The Kier molecular flexibility index (Phi) is 4.93. The molecule has 1 aromatic carbocycles. The Hall–Kier alpha value is -1.83. The Labute approximate surface area is 111 Å². The highest BCUT2D eigenvalue weighted by Gasteiger charge is 2.57. The van der Waals surface area contributed by atoms with Crippen LogP contribution in [0.15, 0.2) is 24.3 Å². The van der Waals surface area contributed by atoms with Crippen molar-refractivity contribution >= 4 is 5.97 Å². The van der Waals surface area contributed by atoms with Crippen LogP contribution in [0.4, 0.5) is 17.6 Å². The fraction of sp³-hybridized carbons (Fsp3) is 0.417. The van der Waals surface area contributed by atoms with Crippen LogP contribution in [0.3, 0.4) is 0 Å². The second kappa shape index (κ2) is 6.08. The first kappa shape index (κ1) is 16.2. The average molecular weight is 295 g/mol. The van der Waals surface area contributed by atoms with Gasteiger partial charge in [-0.25, -0.2) is 0 Å². The summed E-state index contributed by atoms with van der Waals surface area (Å²) in [5.74, 6) is -11.1. The number of hydrogen-bond donors (Lipinski definition) is 0. The van der Waals surface area contributed by atoms with Crippen molar-refractivity contribution in [3.05, 3.63) is 29.8 Å².